The second kappa shape index (κ2) is 6.00. The van der Waals surface area contributed by atoms with Gasteiger partial charge in [-0.25, -0.2) is 4.79 Å². The summed E-state index contributed by atoms with van der Waals surface area (Å²) < 4.78 is 0. The topological polar surface area (TPSA) is 122 Å². The van der Waals surface area contributed by atoms with Gasteiger partial charge in [0.25, 0.3) is 5.91 Å². The van der Waals surface area contributed by atoms with E-state index < -0.39 is 30.2 Å². The maximum atomic E-state index is 12.2. The van der Waals surface area contributed by atoms with Crippen LogP contribution >= 0.6 is 0 Å². The fourth-order valence-electron chi connectivity index (χ4n) is 1.94. The first kappa shape index (κ1) is 14.4. The number of rotatable bonds is 5. The minimum atomic E-state index is -1.36. The van der Waals surface area contributed by atoms with Crippen molar-refractivity contribution in [3.05, 3.63) is 42.1 Å². The van der Waals surface area contributed by atoms with Crippen molar-refractivity contribution in [2.75, 3.05) is 0 Å². The second-order valence-electron chi connectivity index (χ2n) is 4.41. The third kappa shape index (κ3) is 3.33. The molecule has 0 radical (unpaired) electrons. The SMILES string of the molecule is NC(=O)C[C@H](NC(=O)c1cccc2ncccc12)C(=O)O. The standard InChI is InChI=1S/C14H13N3O4/c15-12(18)7-11(14(20)21)17-13(19)9-3-1-5-10-8(9)4-2-6-16-10/h1-6,11H,7H2,(H2,15,18)(H,17,19)(H,20,21)/t11-/m0/s1. The number of carbonyl (C=O) groups excluding carboxylic acids is 2. The molecule has 0 unspecified atom stereocenters. The number of carboxylic acid groups (broad SMARTS) is 1. The molecular formula is C14H13N3O4. The number of aliphatic carboxylic acids is 1. The van der Waals surface area contributed by atoms with Crippen LogP contribution in [0.1, 0.15) is 16.8 Å². The van der Waals surface area contributed by atoms with Crippen LogP contribution in [0.2, 0.25) is 0 Å². The fourth-order valence-corrected chi connectivity index (χ4v) is 1.94. The molecule has 2 aromatic rings. The highest BCUT2D eigenvalue weighted by Gasteiger charge is 2.23. The van der Waals surface area contributed by atoms with Gasteiger partial charge in [0, 0.05) is 17.1 Å². The monoisotopic (exact) mass is 287 g/mol. The first-order chi connectivity index (χ1) is 9.99. The average molecular weight is 287 g/mol. The number of carboxylic acids is 1. The number of hydrogen-bond donors (Lipinski definition) is 3. The molecule has 7 heteroatoms. The van der Waals surface area contributed by atoms with E-state index >= 15 is 0 Å². The summed E-state index contributed by atoms with van der Waals surface area (Å²) in [4.78, 5) is 38.2. The molecule has 21 heavy (non-hydrogen) atoms. The van der Waals surface area contributed by atoms with E-state index in [-0.39, 0.29) is 5.56 Å². The van der Waals surface area contributed by atoms with E-state index in [0.29, 0.717) is 10.9 Å². The number of primary amides is 1. The van der Waals surface area contributed by atoms with Gasteiger partial charge in [-0.1, -0.05) is 12.1 Å². The minimum absolute atomic E-state index is 0.288. The molecule has 0 spiro atoms. The zero-order valence-corrected chi connectivity index (χ0v) is 10.9. The lowest BCUT2D eigenvalue weighted by Crippen LogP contribution is -2.43. The Morgan fingerprint density at radius 1 is 1.24 bits per heavy atom. The Hall–Kier alpha value is -2.96. The van der Waals surface area contributed by atoms with Gasteiger partial charge in [0.05, 0.1) is 11.9 Å². The molecule has 0 bridgehead atoms. The lowest BCUT2D eigenvalue weighted by Gasteiger charge is -2.13. The van der Waals surface area contributed by atoms with Crippen LogP contribution in [-0.2, 0) is 9.59 Å². The number of amides is 2. The van der Waals surface area contributed by atoms with Crippen LogP contribution in [0.15, 0.2) is 36.5 Å². The van der Waals surface area contributed by atoms with Crippen molar-refractivity contribution in [1.29, 1.82) is 0 Å². The molecule has 1 aromatic carbocycles. The average Bonchev–Trinajstić information content (AvgIpc) is 2.45. The van der Waals surface area contributed by atoms with E-state index in [1.807, 2.05) is 0 Å². The normalized spacial score (nSPS) is 11.8. The van der Waals surface area contributed by atoms with Crippen LogP contribution in [0, 0.1) is 0 Å². The lowest BCUT2D eigenvalue weighted by atomic mass is 10.1. The summed E-state index contributed by atoms with van der Waals surface area (Å²) in [7, 11) is 0. The number of nitrogens with two attached hydrogens (primary N) is 1. The second-order valence-corrected chi connectivity index (χ2v) is 4.41. The van der Waals surface area contributed by atoms with Gasteiger partial charge in [-0.3, -0.25) is 14.6 Å². The summed E-state index contributed by atoms with van der Waals surface area (Å²) in [6.45, 7) is 0. The molecule has 108 valence electrons. The first-order valence-electron chi connectivity index (χ1n) is 6.14. The lowest BCUT2D eigenvalue weighted by molar-refractivity contribution is -0.140. The summed E-state index contributed by atoms with van der Waals surface area (Å²) >= 11 is 0. The predicted octanol–water partition coefficient (Wildman–Crippen LogP) is 0.293. The number of benzene rings is 1. The van der Waals surface area contributed by atoms with Crippen molar-refractivity contribution in [2.24, 2.45) is 5.73 Å². The molecule has 2 amide bonds. The van der Waals surface area contributed by atoms with Crippen molar-refractivity contribution in [2.45, 2.75) is 12.5 Å². The Balaban J connectivity index is 2.29. The van der Waals surface area contributed by atoms with E-state index in [2.05, 4.69) is 10.3 Å². The van der Waals surface area contributed by atoms with Crippen LogP contribution in [-0.4, -0.2) is 33.9 Å². The van der Waals surface area contributed by atoms with Crippen molar-refractivity contribution < 1.29 is 19.5 Å². The van der Waals surface area contributed by atoms with Gasteiger partial charge in [-0.05, 0) is 18.2 Å². The highest BCUT2D eigenvalue weighted by Crippen LogP contribution is 2.16. The number of fused-ring (bicyclic) bond motifs is 1. The quantitative estimate of drug-likeness (QED) is 0.729. The summed E-state index contributed by atoms with van der Waals surface area (Å²) in [5.74, 6) is -2.72. The summed E-state index contributed by atoms with van der Waals surface area (Å²) in [6.07, 6.45) is 1.13. The fraction of sp³-hybridized carbons (Fsp3) is 0.143. The zero-order valence-electron chi connectivity index (χ0n) is 10.9. The van der Waals surface area contributed by atoms with Crippen LogP contribution < -0.4 is 11.1 Å². The molecule has 1 heterocycles. The Kier molecular flexibility index (Phi) is 4.13. The molecule has 1 aromatic heterocycles. The molecule has 0 aliphatic heterocycles. The minimum Gasteiger partial charge on any atom is -0.480 e. The molecule has 7 nitrogen and oxygen atoms in total. The first-order valence-corrected chi connectivity index (χ1v) is 6.14. The third-order valence-corrected chi connectivity index (χ3v) is 2.90. The van der Waals surface area contributed by atoms with Crippen LogP contribution in [0.25, 0.3) is 10.9 Å². The van der Waals surface area contributed by atoms with Crippen molar-refractivity contribution in [3.63, 3.8) is 0 Å². The zero-order chi connectivity index (χ0) is 15.4. The highest BCUT2D eigenvalue weighted by atomic mass is 16.4. The van der Waals surface area contributed by atoms with Crippen LogP contribution in [0.4, 0.5) is 0 Å². The van der Waals surface area contributed by atoms with Gasteiger partial charge < -0.3 is 16.2 Å². The summed E-state index contributed by atoms with van der Waals surface area (Å²) in [5, 5.41) is 11.9. The van der Waals surface area contributed by atoms with Gasteiger partial charge in [0.15, 0.2) is 0 Å². The number of hydrogen-bond acceptors (Lipinski definition) is 4. The molecule has 0 fully saturated rings. The number of nitrogens with zero attached hydrogens (tertiary/aromatic N) is 1. The van der Waals surface area contributed by atoms with Gasteiger partial charge >= 0.3 is 5.97 Å². The number of pyridine rings is 1. The van der Waals surface area contributed by atoms with Gasteiger partial charge in [0.2, 0.25) is 5.91 Å². The maximum absolute atomic E-state index is 12.2. The maximum Gasteiger partial charge on any atom is 0.326 e. The van der Waals surface area contributed by atoms with Gasteiger partial charge in [0.1, 0.15) is 6.04 Å². The Morgan fingerprint density at radius 3 is 2.67 bits per heavy atom. The van der Waals surface area contributed by atoms with E-state index in [0.717, 1.165) is 0 Å². The number of nitrogens with one attached hydrogen (secondary N) is 1. The van der Waals surface area contributed by atoms with Gasteiger partial charge in [-0.15, -0.1) is 0 Å². The molecule has 0 aliphatic rings. The summed E-state index contributed by atoms with van der Waals surface area (Å²) in [6, 6.07) is 6.97. The molecule has 0 saturated carbocycles. The molecule has 2 rings (SSSR count). The molecule has 0 saturated heterocycles. The third-order valence-electron chi connectivity index (χ3n) is 2.90. The number of carbonyl (C=O) groups is 3. The van der Waals surface area contributed by atoms with Crippen LogP contribution in [0.5, 0.6) is 0 Å². The predicted molar refractivity (Wildman–Crippen MR) is 74.4 cm³/mol. The van der Waals surface area contributed by atoms with Crippen molar-refractivity contribution in [3.8, 4) is 0 Å². The smallest absolute Gasteiger partial charge is 0.326 e. The van der Waals surface area contributed by atoms with E-state index in [1.54, 1.807) is 36.5 Å². The highest BCUT2D eigenvalue weighted by molar-refractivity contribution is 6.07. The van der Waals surface area contributed by atoms with Crippen LogP contribution in [0.3, 0.4) is 0 Å². The Bertz CT molecular complexity index is 709. The van der Waals surface area contributed by atoms with Gasteiger partial charge in [-0.2, -0.15) is 0 Å². The Labute approximate surface area is 119 Å². The summed E-state index contributed by atoms with van der Waals surface area (Å²) in [5.41, 5.74) is 5.88. The molecule has 4 N–H and O–H groups in total. The molecule has 1 atom stereocenters. The van der Waals surface area contributed by atoms with E-state index in [4.69, 9.17) is 10.8 Å². The Morgan fingerprint density at radius 2 is 2.00 bits per heavy atom. The molecular weight excluding hydrogens is 274 g/mol. The molecule has 0 aliphatic carbocycles. The van der Waals surface area contributed by atoms with Crippen molar-refractivity contribution in [1.82, 2.24) is 10.3 Å². The van der Waals surface area contributed by atoms with E-state index in [1.165, 1.54) is 0 Å². The number of aromatic nitrogens is 1. The van der Waals surface area contributed by atoms with Crippen molar-refractivity contribution >= 4 is 28.7 Å². The largest absolute Gasteiger partial charge is 0.480 e. The van der Waals surface area contributed by atoms with E-state index in [9.17, 15) is 14.4 Å².